The van der Waals surface area contributed by atoms with Crippen LogP contribution in [0.5, 0.6) is 0 Å². The first-order chi connectivity index (χ1) is 11.7. The maximum atomic E-state index is 12.4. The Balaban J connectivity index is 1.66. The van der Waals surface area contributed by atoms with Crippen LogP contribution in [-0.2, 0) is 11.8 Å². The van der Waals surface area contributed by atoms with Crippen molar-refractivity contribution in [2.45, 2.75) is 37.8 Å². The number of benzene rings is 1. The summed E-state index contributed by atoms with van der Waals surface area (Å²) >= 11 is 1.48. The van der Waals surface area contributed by atoms with Gasteiger partial charge in [0.2, 0.25) is 5.91 Å². The summed E-state index contributed by atoms with van der Waals surface area (Å²) in [5.74, 6) is 1.49. The molecule has 5 nitrogen and oxygen atoms in total. The summed E-state index contributed by atoms with van der Waals surface area (Å²) in [6, 6.07) is 8.15. The third kappa shape index (κ3) is 3.80. The fourth-order valence-corrected chi connectivity index (χ4v) is 3.85. The molecule has 2 heterocycles. The van der Waals surface area contributed by atoms with E-state index in [2.05, 4.69) is 29.3 Å². The largest absolute Gasteiger partial charge is 0.342 e. The van der Waals surface area contributed by atoms with Crippen LogP contribution in [0, 0.1) is 6.92 Å². The van der Waals surface area contributed by atoms with E-state index in [-0.39, 0.29) is 5.91 Å². The Morgan fingerprint density at radius 1 is 1.12 bits per heavy atom. The van der Waals surface area contributed by atoms with Gasteiger partial charge in [-0.15, -0.1) is 10.2 Å². The molecule has 1 aromatic heterocycles. The molecule has 0 spiro atoms. The van der Waals surface area contributed by atoms with Crippen LogP contribution in [0.25, 0.3) is 11.4 Å². The fourth-order valence-electron chi connectivity index (χ4n) is 3.04. The van der Waals surface area contributed by atoms with Crippen LogP contribution >= 0.6 is 11.8 Å². The second-order valence-corrected chi connectivity index (χ2v) is 7.21. The average molecular weight is 344 g/mol. The first-order valence-electron chi connectivity index (χ1n) is 8.53. The van der Waals surface area contributed by atoms with Gasteiger partial charge in [0, 0.05) is 25.7 Å². The second-order valence-electron chi connectivity index (χ2n) is 6.26. The number of rotatable bonds is 4. The van der Waals surface area contributed by atoms with Crippen molar-refractivity contribution in [3.63, 3.8) is 0 Å². The summed E-state index contributed by atoms with van der Waals surface area (Å²) in [6.45, 7) is 3.86. The minimum Gasteiger partial charge on any atom is -0.342 e. The van der Waals surface area contributed by atoms with Gasteiger partial charge < -0.3 is 9.47 Å². The van der Waals surface area contributed by atoms with E-state index in [1.54, 1.807) is 0 Å². The van der Waals surface area contributed by atoms with Crippen LogP contribution in [0.15, 0.2) is 29.4 Å². The van der Waals surface area contributed by atoms with Crippen LogP contribution in [0.3, 0.4) is 0 Å². The third-order valence-corrected chi connectivity index (χ3v) is 5.51. The van der Waals surface area contributed by atoms with Crippen LogP contribution in [0.2, 0.25) is 0 Å². The van der Waals surface area contributed by atoms with Crippen molar-refractivity contribution >= 4 is 17.7 Å². The number of aryl methyl sites for hydroxylation is 1. The van der Waals surface area contributed by atoms with Gasteiger partial charge in [-0.05, 0) is 25.3 Å². The smallest absolute Gasteiger partial charge is 0.233 e. The van der Waals surface area contributed by atoms with Gasteiger partial charge in [0.15, 0.2) is 11.0 Å². The molecule has 24 heavy (non-hydrogen) atoms. The minimum absolute atomic E-state index is 0.211. The fraction of sp³-hybridized carbons (Fsp3) is 0.500. The molecule has 0 atom stereocenters. The van der Waals surface area contributed by atoms with E-state index in [1.807, 2.05) is 28.6 Å². The SMILES string of the molecule is Cc1ccccc1-c1nnc(SCC(=O)N2CCCCCC2)n1C. The van der Waals surface area contributed by atoms with E-state index in [4.69, 9.17) is 0 Å². The van der Waals surface area contributed by atoms with Crippen molar-refractivity contribution in [2.75, 3.05) is 18.8 Å². The molecule has 128 valence electrons. The first-order valence-corrected chi connectivity index (χ1v) is 9.51. The summed E-state index contributed by atoms with van der Waals surface area (Å²) in [6.07, 6.45) is 4.72. The Morgan fingerprint density at radius 3 is 2.54 bits per heavy atom. The number of amides is 1. The predicted octanol–water partition coefficient (Wildman–Crippen LogP) is 3.29. The number of carbonyl (C=O) groups is 1. The molecule has 0 unspecified atom stereocenters. The maximum absolute atomic E-state index is 12.4. The second kappa shape index (κ2) is 7.83. The molecule has 1 amide bonds. The highest BCUT2D eigenvalue weighted by molar-refractivity contribution is 7.99. The zero-order valence-corrected chi connectivity index (χ0v) is 15.2. The van der Waals surface area contributed by atoms with Crippen molar-refractivity contribution in [1.29, 1.82) is 0 Å². The van der Waals surface area contributed by atoms with Crippen LogP contribution < -0.4 is 0 Å². The lowest BCUT2D eigenvalue weighted by molar-refractivity contribution is -0.128. The topological polar surface area (TPSA) is 51.0 Å². The standard InChI is InChI=1S/C18H24N4OS/c1-14-9-5-6-10-15(14)17-19-20-18(21(17)2)24-13-16(23)22-11-7-3-4-8-12-22/h5-6,9-10H,3-4,7-8,11-13H2,1-2H3. The van der Waals surface area contributed by atoms with E-state index in [0.717, 1.165) is 42.5 Å². The minimum atomic E-state index is 0.211. The lowest BCUT2D eigenvalue weighted by atomic mass is 10.1. The van der Waals surface area contributed by atoms with Gasteiger partial charge in [-0.2, -0.15) is 0 Å². The number of hydrogen-bond donors (Lipinski definition) is 0. The Hall–Kier alpha value is -1.82. The van der Waals surface area contributed by atoms with E-state index < -0.39 is 0 Å². The summed E-state index contributed by atoms with van der Waals surface area (Å²) in [7, 11) is 1.96. The van der Waals surface area contributed by atoms with Gasteiger partial charge in [0.1, 0.15) is 0 Å². The molecule has 1 aromatic carbocycles. The lowest BCUT2D eigenvalue weighted by Crippen LogP contribution is -2.33. The Labute approximate surface area is 147 Å². The molecule has 0 saturated carbocycles. The van der Waals surface area contributed by atoms with Gasteiger partial charge >= 0.3 is 0 Å². The number of aromatic nitrogens is 3. The highest BCUT2D eigenvalue weighted by Crippen LogP contribution is 2.25. The van der Waals surface area contributed by atoms with E-state index >= 15 is 0 Å². The third-order valence-electron chi connectivity index (χ3n) is 4.50. The molecular formula is C18H24N4OS. The van der Waals surface area contributed by atoms with Crippen molar-refractivity contribution in [3.8, 4) is 11.4 Å². The van der Waals surface area contributed by atoms with E-state index in [9.17, 15) is 4.79 Å². The number of nitrogens with zero attached hydrogens (tertiary/aromatic N) is 4. The van der Waals surface area contributed by atoms with Gasteiger partial charge in [-0.1, -0.05) is 48.9 Å². The van der Waals surface area contributed by atoms with E-state index in [0.29, 0.717) is 5.75 Å². The Morgan fingerprint density at radius 2 is 1.83 bits per heavy atom. The van der Waals surface area contributed by atoms with Gasteiger partial charge in [0.25, 0.3) is 0 Å². The van der Waals surface area contributed by atoms with Crippen molar-refractivity contribution < 1.29 is 4.79 Å². The van der Waals surface area contributed by atoms with Crippen LogP contribution in [0.1, 0.15) is 31.2 Å². The summed E-state index contributed by atoms with van der Waals surface area (Å²) < 4.78 is 1.97. The van der Waals surface area contributed by atoms with E-state index in [1.165, 1.54) is 30.2 Å². The molecule has 0 aliphatic carbocycles. The number of thioether (sulfide) groups is 1. The highest BCUT2D eigenvalue weighted by Gasteiger charge is 2.18. The summed E-state index contributed by atoms with van der Waals surface area (Å²) in [4.78, 5) is 14.4. The monoisotopic (exact) mass is 344 g/mol. The van der Waals surface area contributed by atoms with Crippen LogP contribution in [-0.4, -0.2) is 44.4 Å². The molecule has 6 heteroatoms. The van der Waals surface area contributed by atoms with Gasteiger partial charge in [-0.3, -0.25) is 4.79 Å². The maximum Gasteiger partial charge on any atom is 0.233 e. The van der Waals surface area contributed by atoms with Crippen molar-refractivity contribution in [2.24, 2.45) is 7.05 Å². The number of carbonyl (C=O) groups excluding carboxylic acids is 1. The molecule has 1 aliphatic rings. The molecule has 1 saturated heterocycles. The predicted molar refractivity (Wildman–Crippen MR) is 96.9 cm³/mol. The van der Waals surface area contributed by atoms with Crippen molar-refractivity contribution in [3.05, 3.63) is 29.8 Å². The molecule has 3 rings (SSSR count). The molecule has 0 bridgehead atoms. The lowest BCUT2D eigenvalue weighted by Gasteiger charge is -2.19. The number of hydrogen-bond acceptors (Lipinski definition) is 4. The van der Waals surface area contributed by atoms with Crippen molar-refractivity contribution in [1.82, 2.24) is 19.7 Å². The molecular weight excluding hydrogens is 320 g/mol. The zero-order chi connectivity index (χ0) is 16.9. The van der Waals surface area contributed by atoms with Gasteiger partial charge in [0.05, 0.1) is 5.75 Å². The molecule has 0 radical (unpaired) electrons. The Kier molecular flexibility index (Phi) is 5.56. The summed E-state index contributed by atoms with van der Waals surface area (Å²) in [5, 5.41) is 9.38. The molecule has 2 aromatic rings. The highest BCUT2D eigenvalue weighted by atomic mass is 32.2. The summed E-state index contributed by atoms with van der Waals surface area (Å²) in [5.41, 5.74) is 2.25. The zero-order valence-electron chi connectivity index (χ0n) is 14.4. The normalized spacial score (nSPS) is 15.3. The van der Waals surface area contributed by atoms with Gasteiger partial charge in [-0.25, -0.2) is 0 Å². The first kappa shape index (κ1) is 17.0. The van der Waals surface area contributed by atoms with Crippen LogP contribution in [0.4, 0.5) is 0 Å². The average Bonchev–Trinajstić information content (AvgIpc) is 2.79. The molecule has 0 N–H and O–H groups in total. The molecule has 1 fully saturated rings. The number of likely N-dealkylation sites (tertiary alicyclic amines) is 1. The Bertz CT molecular complexity index is 705. The molecule has 1 aliphatic heterocycles. The quantitative estimate of drug-likeness (QED) is 0.799.